The number of aromatic nitrogens is 3. The van der Waals surface area contributed by atoms with E-state index in [1.165, 1.54) is 0 Å². The van der Waals surface area contributed by atoms with E-state index in [1.807, 2.05) is 13.0 Å². The zero-order chi connectivity index (χ0) is 18.1. The average Bonchev–Trinajstić information content (AvgIpc) is 3.31. The second-order valence-corrected chi connectivity index (χ2v) is 6.69. The lowest BCUT2D eigenvalue weighted by Crippen LogP contribution is -2.27. The molecule has 1 aliphatic heterocycles. The van der Waals surface area contributed by atoms with Crippen LogP contribution in [0, 0.1) is 6.92 Å². The number of hydrogen-bond acceptors (Lipinski definition) is 5. The van der Waals surface area contributed by atoms with E-state index in [0.29, 0.717) is 24.2 Å². The van der Waals surface area contributed by atoms with Gasteiger partial charge in [-0.3, -0.25) is 9.69 Å². The van der Waals surface area contributed by atoms with Crippen LogP contribution in [0.5, 0.6) is 0 Å². The van der Waals surface area contributed by atoms with Gasteiger partial charge in [-0.2, -0.15) is 0 Å². The van der Waals surface area contributed by atoms with Gasteiger partial charge in [0.1, 0.15) is 11.5 Å². The van der Waals surface area contributed by atoms with Crippen molar-refractivity contribution in [3.63, 3.8) is 0 Å². The summed E-state index contributed by atoms with van der Waals surface area (Å²) in [6, 6.07) is 7.49. The van der Waals surface area contributed by atoms with Gasteiger partial charge in [0.15, 0.2) is 0 Å². The summed E-state index contributed by atoms with van der Waals surface area (Å²) in [7, 11) is 0. The van der Waals surface area contributed by atoms with Crippen LogP contribution >= 0.6 is 0 Å². The molecule has 0 spiro atoms. The van der Waals surface area contributed by atoms with Crippen molar-refractivity contribution < 1.29 is 9.32 Å². The molecule has 0 bridgehead atoms. The quantitative estimate of drug-likeness (QED) is 0.651. The van der Waals surface area contributed by atoms with Gasteiger partial charge in [-0.15, -0.1) is 0 Å². The number of nitrogens with one attached hydrogen (secondary N) is 3. The number of aromatic amines is 2. The summed E-state index contributed by atoms with van der Waals surface area (Å²) in [5.41, 5.74) is 2.75. The Morgan fingerprint density at radius 3 is 3.00 bits per heavy atom. The standard InChI is InChI=1S/C18H21N5O3/c1-11-9-15(22-26-11)16-3-2-7-23(16)8-6-17(24)19-12-4-5-13-14(10-12)21-18(25)20-13/h4-5,9-10,16H,2-3,6-8H2,1H3,(H,19,24)(H2,20,21,25). The SMILES string of the molecule is Cc1cc(C2CCCN2CCC(=O)Nc2ccc3[nH]c(=O)[nH]c3c2)no1. The van der Waals surface area contributed by atoms with Crippen LogP contribution in [0.3, 0.4) is 0 Å². The number of likely N-dealkylation sites (tertiary alicyclic amines) is 1. The smallest absolute Gasteiger partial charge is 0.323 e. The minimum atomic E-state index is -0.258. The van der Waals surface area contributed by atoms with Gasteiger partial charge in [0.2, 0.25) is 5.91 Å². The zero-order valence-electron chi connectivity index (χ0n) is 14.5. The number of imidazole rings is 1. The molecule has 3 N–H and O–H groups in total. The van der Waals surface area contributed by atoms with Crippen LogP contribution in [0.1, 0.15) is 36.8 Å². The molecule has 1 amide bonds. The maximum Gasteiger partial charge on any atom is 0.323 e. The molecule has 1 fully saturated rings. The Labute approximate surface area is 149 Å². The van der Waals surface area contributed by atoms with Crippen molar-refractivity contribution in [2.24, 2.45) is 0 Å². The number of rotatable bonds is 5. The third kappa shape index (κ3) is 3.41. The highest BCUT2D eigenvalue weighted by molar-refractivity contribution is 5.93. The second-order valence-electron chi connectivity index (χ2n) is 6.69. The highest BCUT2D eigenvalue weighted by Crippen LogP contribution is 2.31. The summed E-state index contributed by atoms with van der Waals surface area (Å²) in [5, 5.41) is 7.01. The molecule has 1 atom stereocenters. The number of hydrogen-bond donors (Lipinski definition) is 3. The summed E-state index contributed by atoms with van der Waals surface area (Å²) >= 11 is 0. The second kappa shape index (κ2) is 6.80. The maximum atomic E-state index is 12.3. The van der Waals surface area contributed by atoms with Crippen LogP contribution in [0.15, 0.2) is 33.6 Å². The van der Waals surface area contributed by atoms with E-state index in [2.05, 4.69) is 25.3 Å². The Morgan fingerprint density at radius 1 is 1.35 bits per heavy atom. The van der Waals surface area contributed by atoms with Crippen molar-refractivity contribution in [3.8, 4) is 0 Å². The Morgan fingerprint density at radius 2 is 2.19 bits per heavy atom. The molecule has 1 unspecified atom stereocenters. The van der Waals surface area contributed by atoms with Crippen molar-refractivity contribution in [2.75, 3.05) is 18.4 Å². The van der Waals surface area contributed by atoms with Crippen molar-refractivity contribution in [3.05, 3.63) is 46.2 Å². The topological polar surface area (TPSA) is 107 Å². The lowest BCUT2D eigenvalue weighted by molar-refractivity contribution is -0.116. The number of carbonyl (C=O) groups excluding carboxylic acids is 1. The molecule has 1 aliphatic rings. The fraction of sp³-hybridized carbons (Fsp3) is 0.389. The highest BCUT2D eigenvalue weighted by atomic mass is 16.5. The van der Waals surface area contributed by atoms with Gasteiger partial charge < -0.3 is 19.8 Å². The first-order valence-electron chi connectivity index (χ1n) is 8.78. The van der Waals surface area contributed by atoms with E-state index in [0.717, 1.165) is 36.4 Å². The number of benzene rings is 1. The fourth-order valence-corrected chi connectivity index (χ4v) is 3.55. The Kier molecular flexibility index (Phi) is 4.34. The van der Waals surface area contributed by atoms with Crippen molar-refractivity contribution in [1.29, 1.82) is 0 Å². The van der Waals surface area contributed by atoms with Crippen LogP contribution in [-0.2, 0) is 4.79 Å². The number of H-pyrrole nitrogens is 2. The molecular formula is C18H21N5O3. The molecule has 8 heteroatoms. The monoisotopic (exact) mass is 355 g/mol. The van der Waals surface area contributed by atoms with E-state index >= 15 is 0 Å². The molecule has 1 aromatic carbocycles. The van der Waals surface area contributed by atoms with Crippen molar-refractivity contribution in [1.82, 2.24) is 20.0 Å². The van der Waals surface area contributed by atoms with Gasteiger partial charge in [0.05, 0.1) is 17.1 Å². The Balaban J connectivity index is 1.36. The Hall–Kier alpha value is -2.87. The number of fused-ring (bicyclic) bond motifs is 1. The van der Waals surface area contributed by atoms with E-state index in [1.54, 1.807) is 18.2 Å². The lowest BCUT2D eigenvalue weighted by Gasteiger charge is -2.22. The number of nitrogens with zero attached hydrogens (tertiary/aromatic N) is 2. The molecule has 1 saturated heterocycles. The van der Waals surface area contributed by atoms with Gasteiger partial charge in [-0.1, -0.05) is 5.16 Å². The van der Waals surface area contributed by atoms with Crippen molar-refractivity contribution in [2.45, 2.75) is 32.2 Å². The summed E-state index contributed by atoms with van der Waals surface area (Å²) in [5.74, 6) is 0.756. The molecular weight excluding hydrogens is 334 g/mol. The van der Waals surface area contributed by atoms with Crippen LogP contribution < -0.4 is 11.0 Å². The van der Waals surface area contributed by atoms with Crippen molar-refractivity contribution >= 4 is 22.6 Å². The van der Waals surface area contributed by atoms with Gasteiger partial charge in [0, 0.05) is 24.7 Å². The normalized spacial score (nSPS) is 17.8. The van der Waals surface area contributed by atoms with Crippen LogP contribution in [0.2, 0.25) is 0 Å². The van der Waals surface area contributed by atoms with Gasteiger partial charge in [-0.05, 0) is 44.5 Å². The predicted octanol–water partition coefficient (Wildman–Crippen LogP) is 2.32. The van der Waals surface area contributed by atoms with Crippen LogP contribution in [-0.4, -0.2) is 39.0 Å². The molecule has 3 aromatic rings. The number of anilines is 1. The predicted molar refractivity (Wildman–Crippen MR) is 97.0 cm³/mol. The summed E-state index contributed by atoms with van der Waals surface area (Å²) < 4.78 is 5.18. The molecule has 8 nitrogen and oxygen atoms in total. The molecule has 3 heterocycles. The third-order valence-corrected chi connectivity index (χ3v) is 4.78. The maximum absolute atomic E-state index is 12.3. The van der Waals surface area contributed by atoms with E-state index < -0.39 is 0 Å². The molecule has 136 valence electrons. The highest BCUT2D eigenvalue weighted by Gasteiger charge is 2.28. The number of amides is 1. The first-order chi connectivity index (χ1) is 12.6. The largest absolute Gasteiger partial charge is 0.361 e. The minimum absolute atomic E-state index is 0.0517. The summed E-state index contributed by atoms with van der Waals surface area (Å²) in [6.45, 7) is 3.52. The molecule has 0 saturated carbocycles. The Bertz CT molecular complexity index is 986. The van der Waals surface area contributed by atoms with E-state index in [-0.39, 0.29) is 17.6 Å². The minimum Gasteiger partial charge on any atom is -0.361 e. The van der Waals surface area contributed by atoms with E-state index in [9.17, 15) is 9.59 Å². The number of carbonyl (C=O) groups is 1. The van der Waals surface area contributed by atoms with Gasteiger partial charge >= 0.3 is 5.69 Å². The van der Waals surface area contributed by atoms with Gasteiger partial charge in [0.25, 0.3) is 0 Å². The summed E-state index contributed by atoms with van der Waals surface area (Å²) in [6.07, 6.45) is 2.52. The van der Waals surface area contributed by atoms with Crippen LogP contribution in [0.25, 0.3) is 11.0 Å². The van der Waals surface area contributed by atoms with Crippen LogP contribution in [0.4, 0.5) is 5.69 Å². The average molecular weight is 355 g/mol. The molecule has 0 aliphatic carbocycles. The lowest BCUT2D eigenvalue weighted by atomic mass is 10.1. The third-order valence-electron chi connectivity index (χ3n) is 4.78. The molecule has 2 aromatic heterocycles. The van der Waals surface area contributed by atoms with E-state index in [4.69, 9.17) is 4.52 Å². The summed E-state index contributed by atoms with van der Waals surface area (Å²) in [4.78, 5) is 31.3. The molecule has 4 rings (SSSR count). The number of aryl methyl sites for hydroxylation is 1. The molecule has 26 heavy (non-hydrogen) atoms. The molecule has 0 radical (unpaired) electrons. The zero-order valence-corrected chi connectivity index (χ0v) is 14.5. The fourth-order valence-electron chi connectivity index (χ4n) is 3.55. The van der Waals surface area contributed by atoms with Gasteiger partial charge in [-0.25, -0.2) is 4.79 Å². The first kappa shape index (κ1) is 16.6. The first-order valence-corrected chi connectivity index (χ1v) is 8.78.